The van der Waals surface area contributed by atoms with Gasteiger partial charge in [0.05, 0.1) is 17.4 Å². The molecule has 24 heavy (non-hydrogen) atoms. The van der Waals surface area contributed by atoms with E-state index in [1.807, 2.05) is 37.3 Å². The summed E-state index contributed by atoms with van der Waals surface area (Å²) >= 11 is 0. The van der Waals surface area contributed by atoms with Crippen LogP contribution in [-0.4, -0.2) is 15.1 Å². The largest absolute Gasteiger partial charge is 0.375 e. The first kappa shape index (κ1) is 15.7. The van der Waals surface area contributed by atoms with Crippen LogP contribution in [0.1, 0.15) is 30.2 Å². The average Bonchev–Trinajstić information content (AvgIpc) is 3.05. The van der Waals surface area contributed by atoms with Crippen LogP contribution in [0.2, 0.25) is 0 Å². The van der Waals surface area contributed by atoms with E-state index in [0.717, 1.165) is 11.3 Å². The molecule has 7 heteroatoms. The Hall–Kier alpha value is -3.22. The van der Waals surface area contributed by atoms with Crippen LogP contribution in [0, 0.1) is 10.1 Å². The molecule has 0 spiro atoms. The molecule has 1 unspecified atom stereocenters. The van der Waals surface area contributed by atoms with E-state index in [2.05, 4.69) is 15.5 Å². The third-order valence-electron chi connectivity index (χ3n) is 3.53. The summed E-state index contributed by atoms with van der Waals surface area (Å²) in [6.07, 6.45) is 0.581. The zero-order chi connectivity index (χ0) is 16.9. The van der Waals surface area contributed by atoms with E-state index in [0.29, 0.717) is 18.1 Å². The molecule has 0 bridgehead atoms. The van der Waals surface area contributed by atoms with E-state index in [1.165, 1.54) is 12.1 Å². The molecule has 3 rings (SSSR count). The summed E-state index contributed by atoms with van der Waals surface area (Å²) in [5.74, 6) is 1.09. The molecule has 0 fully saturated rings. The van der Waals surface area contributed by atoms with Gasteiger partial charge in [-0.05, 0) is 24.6 Å². The Morgan fingerprint density at radius 1 is 1.17 bits per heavy atom. The lowest BCUT2D eigenvalue weighted by Crippen LogP contribution is -2.08. The SMILES string of the molecule is CC(Nc1ccc([N+](=O)[O-])cc1)c1noc(Cc2ccccc2)n1. The molecule has 3 aromatic rings. The Balaban J connectivity index is 1.65. The van der Waals surface area contributed by atoms with Crippen molar-refractivity contribution in [3.63, 3.8) is 0 Å². The van der Waals surface area contributed by atoms with Gasteiger partial charge in [-0.3, -0.25) is 10.1 Å². The number of nitrogens with one attached hydrogen (secondary N) is 1. The van der Waals surface area contributed by atoms with Gasteiger partial charge in [-0.2, -0.15) is 4.98 Å². The molecule has 0 saturated carbocycles. The van der Waals surface area contributed by atoms with Gasteiger partial charge in [-0.1, -0.05) is 35.5 Å². The molecule has 0 aliphatic heterocycles. The molecule has 122 valence electrons. The quantitative estimate of drug-likeness (QED) is 0.548. The van der Waals surface area contributed by atoms with Crippen LogP contribution in [0.15, 0.2) is 59.1 Å². The highest BCUT2D eigenvalue weighted by Crippen LogP contribution is 2.20. The first-order valence-corrected chi connectivity index (χ1v) is 7.49. The van der Waals surface area contributed by atoms with Crippen LogP contribution in [-0.2, 0) is 6.42 Å². The topological polar surface area (TPSA) is 94.1 Å². The highest BCUT2D eigenvalue weighted by molar-refractivity contribution is 5.49. The maximum Gasteiger partial charge on any atom is 0.269 e. The third kappa shape index (κ3) is 3.75. The predicted molar refractivity (Wildman–Crippen MR) is 88.7 cm³/mol. The molecule has 1 aromatic heterocycles. The van der Waals surface area contributed by atoms with E-state index in [9.17, 15) is 10.1 Å². The summed E-state index contributed by atoms with van der Waals surface area (Å²) in [6, 6.07) is 15.9. The lowest BCUT2D eigenvalue weighted by atomic mass is 10.1. The summed E-state index contributed by atoms with van der Waals surface area (Å²) < 4.78 is 5.29. The van der Waals surface area contributed by atoms with Crippen molar-refractivity contribution in [2.24, 2.45) is 0 Å². The zero-order valence-corrected chi connectivity index (χ0v) is 13.0. The van der Waals surface area contributed by atoms with Gasteiger partial charge in [0.15, 0.2) is 5.82 Å². The van der Waals surface area contributed by atoms with Gasteiger partial charge in [0, 0.05) is 17.8 Å². The maximum atomic E-state index is 10.7. The second-order valence-electron chi connectivity index (χ2n) is 5.38. The molecule has 7 nitrogen and oxygen atoms in total. The zero-order valence-electron chi connectivity index (χ0n) is 13.0. The lowest BCUT2D eigenvalue weighted by molar-refractivity contribution is -0.384. The molecular weight excluding hydrogens is 308 g/mol. The summed E-state index contributed by atoms with van der Waals surface area (Å²) in [5, 5.41) is 17.9. The second kappa shape index (κ2) is 6.91. The lowest BCUT2D eigenvalue weighted by Gasteiger charge is -2.10. The van der Waals surface area contributed by atoms with Crippen LogP contribution in [0.4, 0.5) is 11.4 Å². The number of nitro groups is 1. The van der Waals surface area contributed by atoms with Gasteiger partial charge < -0.3 is 9.84 Å². The number of rotatable bonds is 6. The average molecular weight is 324 g/mol. The Bertz CT molecular complexity index is 815. The Labute approximate surface area is 138 Å². The molecule has 0 aliphatic carbocycles. The Kier molecular flexibility index (Phi) is 4.51. The molecule has 0 amide bonds. The molecular formula is C17H16N4O3. The van der Waals surface area contributed by atoms with Crippen molar-refractivity contribution in [3.05, 3.63) is 82.0 Å². The molecule has 1 heterocycles. The monoisotopic (exact) mass is 324 g/mol. The standard InChI is InChI=1S/C17H16N4O3/c1-12(18-14-7-9-15(10-8-14)21(22)23)17-19-16(24-20-17)11-13-5-3-2-4-6-13/h2-10,12,18H,11H2,1H3. The van der Waals surface area contributed by atoms with E-state index >= 15 is 0 Å². The fraction of sp³-hybridized carbons (Fsp3) is 0.176. The van der Waals surface area contributed by atoms with E-state index in [-0.39, 0.29) is 11.7 Å². The van der Waals surface area contributed by atoms with Crippen molar-refractivity contribution in [3.8, 4) is 0 Å². The van der Waals surface area contributed by atoms with Gasteiger partial charge in [0.2, 0.25) is 5.89 Å². The highest BCUT2D eigenvalue weighted by atomic mass is 16.6. The molecule has 2 aromatic carbocycles. The van der Waals surface area contributed by atoms with Crippen LogP contribution < -0.4 is 5.32 Å². The minimum atomic E-state index is -0.428. The van der Waals surface area contributed by atoms with Crippen LogP contribution >= 0.6 is 0 Å². The molecule has 1 N–H and O–H groups in total. The van der Waals surface area contributed by atoms with Crippen molar-refractivity contribution in [1.29, 1.82) is 0 Å². The molecule has 1 atom stereocenters. The van der Waals surface area contributed by atoms with Crippen LogP contribution in [0.5, 0.6) is 0 Å². The predicted octanol–water partition coefficient (Wildman–Crippen LogP) is 3.74. The number of nitro benzene ring substituents is 1. The number of non-ortho nitro benzene ring substituents is 1. The van der Waals surface area contributed by atoms with Gasteiger partial charge in [-0.25, -0.2) is 0 Å². The molecule has 0 radical (unpaired) electrons. The second-order valence-corrected chi connectivity index (χ2v) is 5.38. The van der Waals surface area contributed by atoms with Crippen LogP contribution in [0.25, 0.3) is 0 Å². The van der Waals surface area contributed by atoms with Gasteiger partial charge in [0.1, 0.15) is 0 Å². The summed E-state index contributed by atoms with van der Waals surface area (Å²) in [6.45, 7) is 1.90. The number of hydrogen-bond acceptors (Lipinski definition) is 6. The Morgan fingerprint density at radius 2 is 1.88 bits per heavy atom. The Morgan fingerprint density at radius 3 is 2.54 bits per heavy atom. The smallest absolute Gasteiger partial charge is 0.269 e. The van der Waals surface area contributed by atoms with Crippen LogP contribution in [0.3, 0.4) is 0 Å². The van der Waals surface area contributed by atoms with Gasteiger partial charge in [0.25, 0.3) is 5.69 Å². The van der Waals surface area contributed by atoms with Crippen molar-refractivity contribution in [2.75, 3.05) is 5.32 Å². The summed E-state index contributed by atoms with van der Waals surface area (Å²) in [5.41, 5.74) is 1.91. The highest BCUT2D eigenvalue weighted by Gasteiger charge is 2.14. The maximum absolute atomic E-state index is 10.7. The van der Waals surface area contributed by atoms with Crippen molar-refractivity contribution >= 4 is 11.4 Å². The van der Waals surface area contributed by atoms with E-state index in [1.54, 1.807) is 12.1 Å². The number of nitrogens with zero attached hydrogens (tertiary/aromatic N) is 3. The van der Waals surface area contributed by atoms with E-state index in [4.69, 9.17) is 4.52 Å². The van der Waals surface area contributed by atoms with Crippen molar-refractivity contribution in [1.82, 2.24) is 10.1 Å². The van der Waals surface area contributed by atoms with Gasteiger partial charge in [-0.15, -0.1) is 0 Å². The summed E-state index contributed by atoms with van der Waals surface area (Å²) in [4.78, 5) is 14.6. The first-order chi connectivity index (χ1) is 11.6. The van der Waals surface area contributed by atoms with Gasteiger partial charge >= 0.3 is 0 Å². The third-order valence-corrected chi connectivity index (χ3v) is 3.53. The number of benzene rings is 2. The summed E-state index contributed by atoms with van der Waals surface area (Å²) in [7, 11) is 0. The minimum absolute atomic E-state index is 0.0536. The fourth-order valence-electron chi connectivity index (χ4n) is 2.28. The first-order valence-electron chi connectivity index (χ1n) is 7.49. The fourth-order valence-corrected chi connectivity index (χ4v) is 2.28. The van der Waals surface area contributed by atoms with E-state index < -0.39 is 4.92 Å². The minimum Gasteiger partial charge on any atom is -0.375 e. The number of anilines is 1. The van der Waals surface area contributed by atoms with Crippen molar-refractivity contribution < 1.29 is 9.45 Å². The normalized spacial score (nSPS) is 11.9. The number of aromatic nitrogens is 2. The molecule has 0 aliphatic rings. The number of hydrogen-bond donors (Lipinski definition) is 1. The molecule has 0 saturated heterocycles. The van der Waals surface area contributed by atoms with Crippen molar-refractivity contribution in [2.45, 2.75) is 19.4 Å².